The van der Waals surface area contributed by atoms with Crippen LogP contribution in [-0.2, 0) is 23.1 Å². The molecule has 0 spiro atoms. The molecule has 2 aliphatic heterocycles. The number of aromatic nitrogens is 4. The first-order valence-corrected chi connectivity index (χ1v) is 19.3. The van der Waals surface area contributed by atoms with Crippen molar-refractivity contribution in [2.45, 2.75) is 40.2 Å². The Hall–Kier alpha value is -4.99. The topological polar surface area (TPSA) is 130 Å². The number of hydrogen-bond acceptors (Lipinski definition) is 8. The number of aryl methyl sites for hydroxylation is 1. The van der Waals surface area contributed by atoms with Crippen LogP contribution in [0.1, 0.15) is 52.0 Å². The van der Waals surface area contributed by atoms with E-state index >= 15 is 8.78 Å². The van der Waals surface area contributed by atoms with Crippen molar-refractivity contribution >= 4 is 23.4 Å². The van der Waals surface area contributed by atoms with Crippen LogP contribution in [0.3, 0.4) is 0 Å². The van der Waals surface area contributed by atoms with Crippen molar-refractivity contribution in [3.63, 3.8) is 0 Å². The second kappa shape index (κ2) is 17.9. The summed E-state index contributed by atoms with van der Waals surface area (Å²) in [5.41, 5.74) is 3.05. The van der Waals surface area contributed by atoms with Gasteiger partial charge in [0.15, 0.2) is 17.5 Å². The van der Waals surface area contributed by atoms with Crippen molar-refractivity contribution in [2.24, 2.45) is 18.9 Å². The van der Waals surface area contributed by atoms with E-state index in [4.69, 9.17) is 4.74 Å². The average Bonchev–Trinajstić information content (AvgIpc) is 3.74. The molecule has 56 heavy (non-hydrogen) atoms. The van der Waals surface area contributed by atoms with Crippen LogP contribution in [0.2, 0.25) is 0 Å². The van der Waals surface area contributed by atoms with Crippen molar-refractivity contribution in [3.05, 3.63) is 77.0 Å². The van der Waals surface area contributed by atoms with Crippen LogP contribution in [0, 0.1) is 37.3 Å². The van der Waals surface area contributed by atoms with Crippen molar-refractivity contribution in [2.75, 3.05) is 78.4 Å². The van der Waals surface area contributed by atoms with Gasteiger partial charge in [0, 0.05) is 99.5 Å². The number of amides is 3. The molecule has 0 radical (unpaired) electrons. The van der Waals surface area contributed by atoms with Crippen LogP contribution in [0.5, 0.6) is 0 Å². The number of halogens is 2. The summed E-state index contributed by atoms with van der Waals surface area (Å²) in [5.74, 6) is -1.95. The monoisotopic (exact) mass is 773 g/mol. The Morgan fingerprint density at radius 1 is 1.00 bits per heavy atom. The summed E-state index contributed by atoms with van der Waals surface area (Å²) in [6, 6.07) is 8.01. The van der Waals surface area contributed by atoms with Gasteiger partial charge in [-0.25, -0.2) is 13.8 Å². The summed E-state index contributed by atoms with van der Waals surface area (Å²) in [6.07, 6.45) is 4.45. The molecule has 3 amide bonds. The van der Waals surface area contributed by atoms with E-state index in [0.29, 0.717) is 73.3 Å². The van der Waals surface area contributed by atoms with E-state index < -0.39 is 17.5 Å². The van der Waals surface area contributed by atoms with E-state index in [1.54, 1.807) is 55.8 Å². The number of rotatable bonds is 15. The van der Waals surface area contributed by atoms with Crippen molar-refractivity contribution in [1.29, 1.82) is 0 Å². The largest absolute Gasteiger partial charge is 0.383 e. The van der Waals surface area contributed by atoms with Gasteiger partial charge in [-0.3, -0.25) is 19.1 Å². The normalized spacial score (nSPS) is 15.3. The second-order valence-corrected chi connectivity index (χ2v) is 15.0. The van der Waals surface area contributed by atoms with Gasteiger partial charge in [0.2, 0.25) is 5.91 Å². The van der Waals surface area contributed by atoms with Gasteiger partial charge in [-0.1, -0.05) is 13.0 Å². The van der Waals surface area contributed by atoms with Gasteiger partial charge in [0.1, 0.15) is 0 Å². The quantitative estimate of drug-likeness (QED) is 0.180. The maximum Gasteiger partial charge on any atom is 0.291 e. The molecule has 0 aliphatic carbocycles. The van der Waals surface area contributed by atoms with E-state index in [-0.39, 0.29) is 40.4 Å². The highest BCUT2D eigenvalue weighted by molar-refractivity contribution is 6.03. The standard InChI is InChI=1S/C41H53F2N9O4/c1-7-29(12-13-48(4)25-28-21-44-22-28)40(54)50-14-16-51(17-15-50)41(55)31-9-8-30(20-26(31)2)47-39(53)38-45-24-35(49(38)5)33-11-10-32(36(42)37(33)43)34-23-46-52(27(34)3)18-19-56-6/h8-11,20,23-24,28-29,44H,7,12-19,21-22,25H2,1-6H3,(H,47,53). The van der Waals surface area contributed by atoms with E-state index in [9.17, 15) is 14.4 Å². The number of methoxy groups -OCH3 is 1. The van der Waals surface area contributed by atoms with Gasteiger partial charge in [-0.2, -0.15) is 5.10 Å². The average molecular weight is 774 g/mol. The maximum atomic E-state index is 15.6. The molecule has 4 heterocycles. The van der Waals surface area contributed by atoms with Crippen LogP contribution in [0.15, 0.2) is 42.7 Å². The Morgan fingerprint density at radius 3 is 2.36 bits per heavy atom. The summed E-state index contributed by atoms with van der Waals surface area (Å²) in [4.78, 5) is 50.5. The van der Waals surface area contributed by atoms with Crippen molar-refractivity contribution in [3.8, 4) is 22.4 Å². The lowest BCUT2D eigenvalue weighted by Crippen LogP contribution is -2.52. The van der Waals surface area contributed by atoms with Gasteiger partial charge in [0.25, 0.3) is 11.8 Å². The Kier molecular flexibility index (Phi) is 13.0. The number of piperazine rings is 1. The molecule has 0 saturated carbocycles. The first-order valence-electron chi connectivity index (χ1n) is 19.3. The van der Waals surface area contributed by atoms with Gasteiger partial charge in [-0.15, -0.1) is 0 Å². The molecule has 0 bridgehead atoms. The van der Waals surface area contributed by atoms with E-state index in [0.717, 1.165) is 39.0 Å². The van der Waals surface area contributed by atoms with Crippen LogP contribution in [0.25, 0.3) is 22.4 Å². The third-order valence-electron chi connectivity index (χ3n) is 11.2. The molecule has 300 valence electrons. The number of hydrogen-bond donors (Lipinski definition) is 2. The number of nitrogens with one attached hydrogen (secondary N) is 2. The Labute approximate surface area is 327 Å². The predicted molar refractivity (Wildman–Crippen MR) is 210 cm³/mol. The molecule has 2 aromatic heterocycles. The second-order valence-electron chi connectivity index (χ2n) is 15.0. The van der Waals surface area contributed by atoms with Crippen LogP contribution < -0.4 is 10.6 Å². The highest BCUT2D eigenvalue weighted by Crippen LogP contribution is 2.33. The molecule has 2 N–H and O–H groups in total. The maximum absolute atomic E-state index is 15.6. The number of carbonyl (C=O) groups is 3. The molecule has 1 atom stereocenters. The van der Waals surface area contributed by atoms with Gasteiger partial charge in [-0.05, 0) is 76.0 Å². The molecule has 4 aromatic rings. The van der Waals surface area contributed by atoms with E-state index in [2.05, 4.69) is 39.6 Å². The molecule has 13 nitrogen and oxygen atoms in total. The lowest BCUT2D eigenvalue weighted by atomic mass is 9.98. The minimum atomic E-state index is -1.06. The summed E-state index contributed by atoms with van der Waals surface area (Å²) in [6.45, 7) is 12.5. The first-order chi connectivity index (χ1) is 26.9. The lowest BCUT2D eigenvalue weighted by molar-refractivity contribution is -0.137. The van der Waals surface area contributed by atoms with Crippen LogP contribution >= 0.6 is 0 Å². The molecule has 2 fully saturated rings. The molecule has 2 aliphatic rings. The number of imidazole rings is 1. The molecule has 6 rings (SSSR count). The van der Waals surface area contributed by atoms with E-state index in [1.807, 2.05) is 4.90 Å². The fourth-order valence-corrected chi connectivity index (χ4v) is 7.56. The zero-order valence-corrected chi connectivity index (χ0v) is 33.2. The minimum Gasteiger partial charge on any atom is -0.383 e. The smallest absolute Gasteiger partial charge is 0.291 e. The summed E-state index contributed by atoms with van der Waals surface area (Å²) < 4.78 is 39.3. The number of anilines is 1. The third kappa shape index (κ3) is 8.69. The number of nitrogens with zero attached hydrogens (tertiary/aromatic N) is 7. The van der Waals surface area contributed by atoms with Gasteiger partial charge >= 0.3 is 0 Å². The van der Waals surface area contributed by atoms with Crippen molar-refractivity contribution < 1.29 is 27.9 Å². The van der Waals surface area contributed by atoms with Gasteiger partial charge in [0.05, 0.1) is 31.2 Å². The van der Waals surface area contributed by atoms with Gasteiger partial charge < -0.3 is 34.6 Å². The minimum absolute atomic E-state index is 0.00655. The Balaban J connectivity index is 1.05. The SMILES string of the molecule is CCC(CCN(C)CC1CNC1)C(=O)N1CCN(C(=O)c2ccc(NC(=O)c3ncc(-c4ccc(-c5cnn(CCOC)c5C)c(F)c4F)n3C)cc2C)CC1. The molecule has 2 aromatic carbocycles. The Bertz CT molecular complexity index is 2050. The lowest BCUT2D eigenvalue weighted by Gasteiger charge is -2.37. The first kappa shape index (κ1) is 40.7. The van der Waals surface area contributed by atoms with Crippen molar-refractivity contribution in [1.82, 2.24) is 39.3 Å². The Morgan fingerprint density at radius 2 is 1.70 bits per heavy atom. The summed E-state index contributed by atoms with van der Waals surface area (Å²) in [5, 5.41) is 10.4. The fraction of sp³-hybridized carbons (Fsp3) is 0.488. The highest BCUT2D eigenvalue weighted by Gasteiger charge is 2.30. The molecule has 15 heteroatoms. The summed E-state index contributed by atoms with van der Waals surface area (Å²) in [7, 11) is 5.26. The molecule has 2 saturated heterocycles. The zero-order chi connectivity index (χ0) is 40.1. The van der Waals surface area contributed by atoms with Crippen LogP contribution in [0.4, 0.5) is 14.5 Å². The highest BCUT2D eigenvalue weighted by atomic mass is 19.2. The molecule has 1 unspecified atom stereocenters. The fourth-order valence-electron chi connectivity index (χ4n) is 7.56. The third-order valence-corrected chi connectivity index (χ3v) is 11.2. The van der Waals surface area contributed by atoms with Crippen LogP contribution in [-0.4, -0.2) is 125 Å². The zero-order valence-electron chi connectivity index (χ0n) is 33.2. The molecular formula is C41H53F2N9O4. The number of carbonyl (C=O) groups excluding carboxylic acids is 3. The predicted octanol–water partition coefficient (Wildman–Crippen LogP) is 4.60. The summed E-state index contributed by atoms with van der Waals surface area (Å²) >= 11 is 0. The number of benzene rings is 2. The molecular weight excluding hydrogens is 721 g/mol. The van der Waals surface area contributed by atoms with E-state index in [1.165, 1.54) is 29.1 Å². The number of ether oxygens (including phenoxy) is 1.